The summed E-state index contributed by atoms with van der Waals surface area (Å²) in [6, 6.07) is 28.1. The first-order valence-corrected chi connectivity index (χ1v) is 9.83. The first kappa shape index (κ1) is 16.9. The maximum Gasteiger partial charge on any atom is 0.0969 e. The number of aryl methyl sites for hydroxylation is 1. The summed E-state index contributed by atoms with van der Waals surface area (Å²) in [5.74, 6) is 0. The Hall–Kier alpha value is -3.26. The summed E-state index contributed by atoms with van der Waals surface area (Å²) in [7, 11) is 0. The molecule has 136 valence electrons. The molecule has 0 saturated carbocycles. The fourth-order valence-electron chi connectivity index (χ4n) is 4.22. The SMILES string of the molecule is Cc1cc(-c2ccccc2)c2ccc3c(c2n1)=NC(C)CC=3c1ccccc1. The predicted octanol–water partition coefficient (Wildman–Crippen LogP) is 4.82. The molecule has 2 heterocycles. The van der Waals surface area contributed by atoms with Gasteiger partial charge in [0, 0.05) is 16.3 Å². The Morgan fingerprint density at radius 2 is 1.50 bits per heavy atom. The maximum atomic E-state index is 5.04. The highest BCUT2D eigenvalue weighted by Crippen LogP contribution is 2.28. The number of benzene rings is 3. The lowest BCUT2D eigenvalue weighted by atomic mass is 9.92. The van der Waals surface area contributed by atoms with Crippen LogP contribution in [0.3, 0.4) is 0 Å². The van der Waals surface area contributed by atoms with E-state index in [9.17, 15) is 0 Å². The molecule has 0 fully saturated rings. The molecule has 0 aliphatic carbocycles. The number of nitrogens with zero attached hydrogens (tertiary/aromatic N) is 2. The lowest BCUT2D eigenvalue weighted by molar-refractivity contribution is 0.729. The van der Waals surface area contributed by atoms with E-state index < -0.39 is 0 Å². The Bertz CT molecular complexity index is 1290. The average molecular weight is 362 g/mol. The second-order valence-electron chi connectivity index (χ2n) is 7.56. The summed E-state index contributed by atoms with van der Waals surface area (Å²) in [4.78, 5) is 9.97. The van der Waals surface area contributed by atoms with E-state index in [0.29, 0.717) is 0 Å². The number of fused-ring (bicyclic) bond motifs is 3. The molecule has 2 heteroatoms. The highest BCUT2D eigenvalue weighted by atomic mass is 14.8. The van der Waals surface area contributed by atoms with Crippen molar-refractivity contribution < 1.29 is 0 Å². The van der Waals surface area contributed by atoms with Crippen LogP contribution in [0.1, 0.15) is 24.6 Å². The minimum atomic E-state index is 0.246. The van der Waals surface area contributed by atoms with Crippen molar-refractivity contribution in [2.45, 2.75) is 26.3 Å². The monoisotopic (exact) mass is 362 g/mol. The van der Waals surface area contributed by atoms with Gasteiger partial charge >= 0.3 is 0 Å². The number of aromatic nitrogens is 1. The number of hydrogen-bond acceptors (Lipinski definition) is 2. The van der Waals surface area contributed by atoms with Crippen LogP contribution in [0.15, 0.2) is 83.9 Å². The largest absolute Gasteiger partial charge is 0.279 e. The maximum absolute atomic E-state index is 5.04. The van der Waals surface area contributed by atoms with Crippen molar-refractivity contribution in [3.63, 3.8) is 0 Å². The summed E-state index contributed by atoms with van der Waals surface area (Å²) in [6.07, 6.45) is 0.958. The van der Waals surface area contributed by atoms with Gasteiger partial charge < -0.3 is 0 Å². The van der Waals surface area contributed by atoms with E-state index >= 15 is 0 Å². The fourth-order valence-corrected chi connectivity index (χ4v) is 4.22. The van der Waals surface area contributed by atoms with Crippen LogP contribution >= 0.6 is 0 Å². The Morgan fingerprint density at radius 1 is 0.821 bits per heavy atom. The molecule has 5 rings (SSSR count). The molecule has 0 amide bonds. The smallest absolute Gasteiger partial charge is 0.0969 e. The van der Waals surface area contributed by atoms with Crippen molar-refractivity contribution in [2.24, 2.45) is 4.99 Å². The quantitative estimate of drug-likeness (QED) is 0.502. The van der Waals surface area contributed by atoms with Crippen molar-refractivity contribution >= 4 is 16.5 Å². The number of pyridine rings is 1. The van der Waals surface area contributed by atoms with Gasteiger partial charge in [0.15, 0.2) is 0 Å². The van der Waals surface area contributed by atoms with E-state index in [1.807, 2.05) is 0 Å². The summed E-state index contributed by atoms with van der Waals surface area (Å²) in [5, 5.41) is 3.42. The van der Waals surface area contributed by atoms with E-state index in [1.54, 1.807) is 0 Å². The number of rotatable bonds is 2. The van der Waals surface area contributed by atoms with Crippen LogP contribution in [-0.4, -0.2) is 11.0 Å². The highest BCUT2D eigenvalue weighted by Gasteiger charge is 2.17. The average Bonchev–Trinajstić information content (AvgIpc) is 2.74. The molecule has 1 atom stereocenters. The molecule has 1 aliphatic heterocycles. The van der Waals surface area contributed by atoms with Gasteiger partial charge in [0.05, 0.1) is 16.9 Å². The second-order valence-corrected chi connectivity index (χ2v) is 7.56. The van der Waals surface area contributed by atoms with Gasteiger partial charge in [-0.05, 0) is 48.6 Å². The molecule has 0 saturated heterocycles. The van der Waals surface area contributed by atoms with Crippen LogP contribution in [0.4, 0.5) is 0 Å². The van der Waals surface area contributed by atoms with E-state index in [4.69, 9.17) is 9.98 Å². The predicted molar refractivity (Wildman–Crippen MR) is 116 cm³/mol. The lowest BCUT2D eigenvalue weighted by Gasteiger charge is -2.18. The van der Waals surface area contributed by atoms with E-state index in [2.05, 4.69) is 92.7 Å². The first-order chi connectivity index (χ1) is 13.7. The van der Waals surface area contributed by atoms with Crippen LogP contribution in [0, 0.1) is 6.92 Å². The summed E-state index contributed by atoms with van der Waals surface area (Å²) < 4.78 is 0. The van der Waals surface area contributed by atoms with Crippen molar-refractivity contribution in [3.05, 3.63) is 101 Å². The topological polar surface area (TPSA) is 25.2 Å². The highest BCUT2D eigenvalue weighted by molar-refractivity contribution is 5.95. The molecule has 1 aromatic heterocycles. The fraction of sp³-hybridized carbons (Fsp3) is 0.154. The third-order valence-corrected chi connectivity index (χ3v) is 5.46. The molecule has 1 aliphatic rings. The third kappa shape index (κ3) is 2.82. The van der Waals surface area contributed by atoms with Crippen molar-refractivity contribution in [3.8, 4) is 11.1 Å². The Morgan fingerprint density at radius 3 is 2.21 bits per heavy atom. The van der Waals surface area contributed by atoms with Crippen LogP contribution < -0.4 is 10.6 Å². The molecule has 0 spiro atoms. The molecule has 1 unspecified atom stereocenters. The van der Waals surface area contributed by atoms with E-state index in [-0.39, 0.29) is 6.04 Å². The normalized spacial score (nSPS) is 15.9. The van der Waals surface area contributed by atoms with Gasteiger partial charge in [-0.15, -0.1) is 0 Å². The molecular weight excluding hydrogens is 340 g/mol. The van der Waals surface area contributed by atoms with Gasteiger partial charge in [0.25, 0.3) is 0 Å². The van der Waals surface area contributed by atoms with Crippen LogP contribution in [0.5, 0.6) is 0 Å². The first-order valence-electron chi connectivity index (χ1n) is 9.83. The Balaban J connectivity index is 1.90. The lowest BCUT2D eigenvalue weighted by Crippen LogP contribution is -2.35. The van der Waals surface area contributed by atoms with Crippen LogP contribution in [-0.2, 0) is 0 Å². The van der Waals surface area contributed by atoms with Crippen molar-refractivity contribution in [1.29, 1.82) is 0 Å². The van der Waals surface area contributed by atoms with Gasteiger partial charge in [-0.1, -0.05) is 72.8 Å². The van der Waals surface area contributed by atoms with Crippen molar-refractivity contribution in [1.82, 2.24) is 4.98 Å². The molecule has 4 aromatic rings. The molecule has 3 aromatic carbocycles. The second kappa shape index (κ2) is 6.72. The molecule has 28 heavy (non-hydrogen) atoms. The molecule has 2 nitrogen and oxygen atoms in total. The summed E-state index contributed by atoms with van der Waals surface area (Å²) >= 11 is 0. The molecule has 0 radical (unpaired) electrons. The van der Waals surface area contributed by atoms with Gasteiger partial charge in [-0.2, -0.15) is 0 Å². The molecule has 0 bridgehead atoms. The van der Waals surface area contributed by atoms with Crippen molar-refractivity contribution in [2.75, 3.05) is 0 Å². The van der Waals surface area contributed by atoms with E-state index in [0.717, 1.165) is 23.0 Å². The number of hydrogen-bond donors (Lipinski definition) is 0. The third-order valence-electron chi connectivity index (χ3n) is 5.46. The standard InChI is InChI=1S/C26H22N2/c1-17-15-23(19-9-5-3-6-10-19)21-13-14-22-24(20-11-7-4-8-12-20)16-18(2)28-26(22)25(21)27-17/h3-15,18H,16H2,1-2H3. The van der Waals surface area contributed by atoms with Gasteiger partial charge in [-0.25, -0.2) is 0 Å². The minimum Gasteiger partial charge on any atom is -0.279 e. The summed E-state index contributed by atoms with van der Waals surface area (Å²) in [6.45, 7) is 4.26. The zero-order valence-electron chi connectivity index (χ0n) is 16.2. The van der Waals surface area contributed by atoms with Gasteiger partial charge in [-0.3, -0.25) is 9.98 Å². The summed E-state index contributed by atoms with van der Waals surface area (Å²) in [5.41, 5.74) is 7.12. The van der Waals surface area contributed by atoms with Crippen LogP contribution in [0.25, 0.3) is 27.6 Å². The zero-order valence-corrected chi connectivity index (χ0v) is 16.2. The van der Waals surface area contributed by atoms with Crippen LogP contribution in [0.2, 0.25) is 0 Å². The van der Waals surface area contributed by atoms with Gasteiger partial charge in [0.1, 0.15) is 0 Å². The molecular formula is C26H22N2. The van der Waals surface area contributed by atoms with Gasteiger partial charge in [0.2, 0.25) is 0 Å². The zero-order chi connectivity index (χ0) is 19.1. The Labute approximate surface area is 164 Å². The molecule has 0 N–H and O–H groups in total. The minimum absolute atomic E-state index is 0.246. The Kier molecular flexibility index (Phi) is 4.05. The van der Waals surface area contributed by atoms with E-state index in [1.165, 1.54) is 32.9 Å².